The van der Waals surface area contributed by atoms with E-state index >= 15 is 0 Å². The lowest BCUT2D eigenvalue weighted by Gasteiger charge is -2.02. The molecule has 0 fully saturated rings. The first-order valence-corrected chi connectivity index (χ1v) is 4.97. The Hall–Kier alpha value is -1.46. The Labute approximate surface area is 100 Å². The van der Waals surface area contributed by atoms with Crippen molar-refractivity contribution in [3.05, 3.63) is 38.8 Å². The van der Waals surface area contributed by atoms with Gasteiger partial charge in [-0.3, -0.25) is 0 Å². The second-order valence-corrected chi connectivity index (χ2v) is 3.61. The molecule has 16 heavy (non-hydrogen) atoms. The van der Waals surface area contributed by atoms with E-state index in [1.165, 1.54) is 7.11 Å². The molecule has 0 saturated heterocycles. The summed E-state index contributed by atoms with van der Waals surface area (Å²) >= 11 is 11.8. The predicted molar refractivity (Wildman–Crippen MR) is 58.7 cm³/mol. The SMILES string of the molecule is COc1nn(-c2cccc(Cl)c2Cl)c(=O)o1. The van der Waals surface area contributed by atoms with Crippen molar-refractivity contribution in [3.8, 4) is 11.8 Å². The van der Waals surface area contributed by atoms with Crippen molar-refractivity contribution in [2.75, 3.05) is 7.11 Å². The number of hydrogen-bond donors (Lipinski definition) is 0. The normalized spacial score (nSPS) is 10.4. The van der Waals surface area contributed by atoms with Gasteiger partial charge in [0.25, 0.3) is 0 Å². The van der Waals surface area contributed by atoms with Crippen LogP contribution in [0.3, 0.4) is 0 Å². The molecule has 1 aromatic heterocycles. The van der Waals surface area contributed by atoms with Crippen LogP contribution in [0.15, 0.2) is 27.4 Å². The molecule has 0 saturated carbocycles. The lowest BCUT2D eigenvalue weighted by Crippen LogP contribution is -2.13. The number of benzene rings is 1. The molecule has 5 nitrogen and oxygen atoms in total. The van der Waals surface area contributed by atoms with E-state index in [-0.39, 0.29) is 11.1 Å². The first-order valence-electron chi connectivity index (χ1n) is 4.22. The van der Waals surface area contributed by atoms with Gasteiger partial charge in [-0.25, -0.2) is 4.79 Å². The number of nitrogens with zero attached hydrogens (tertiary/aromatic N) is 2. The fraction of sp³-hybridized carbons (Fsp3) is 0.111. The van der Waals surface area contributed by atoms with Crippen LogP contribution in [-0.4, -0.2) is 16.9 Å². The van der Waals surface area contributed by atoms with E-state index in [1.54, 1.807) is 18.2 Å². The third kappa shape index (κ3) is 1.79. The maximum atomic E-state index is 11.4. The van der Waals surface area contributed by atoms with E-state index in [0.717, 1.165) is 4.68 Å². The highest BCUT2D eigenvalue weighted by Gasteiger charge is 2.14. The maximum Gasteiger partial charge on any atom is 0.444 e. The lowest BCUT2D eigenvalue weighted by molar-refractivity contribution is 0.282. The molecule has 0 radical (unpaired) electrons. The van der Waals surface area contributed by atoms with Gasteiger partial charge in [0.2, 0.25) is 0 Å². The molecular formula is C9H6Cl2N2O3. The Kier molecular flexibility index (Phi) is 2.89. The fourth-order valence-corrected chi connectivity index (χ4v) is 1.53. The third-order valence-corrected chi connectivity index (χ3v) is 2.67. The number of methoxy groups -OCH3 is 1. The van der Waals surface area contributed by atoms with E-state index in [0.29, 0.717) is 10.7 Å². The van der Waals surface area contributed by atoms with Crippen molar-refractivity contribution < 1.29 is 9.15 Å². The van der Waals surface area contributed by atoms with Crippen LogP contribution in [0, 0.1) is 0 Å². The smallest absolute Gasteiger partial charge is 0.444 e. The summed E-state index contributed by atoms with van der Waals surface area (Å²) in [5.74, 6) is -0.694. The summed E-state index contributed by atoms with van der Waals surface area (Å²) in [6.45, 7) is 0. The molecule has 2 aromatic rings. The molecule has 84 valence electrons. The number of halogens is 2. The largest absolute Gasteiger partial charge is 0.452 e. The molecule has 0 unspecified atom stereocenters. The summed E-state index contributed by atoms with van der Waals surface area (Å²) in [6.07, 6.45) is -0.138. The highest BCUT2D eigenvalue weighted by Crippen LogP contribution is 2.27. The number of rotatable bonds is 2. The Bertz CT molecular complexity index is 576. The van der Waals surface area contributed by atoms with Gasteiger partial charge in [0.15, 0.2) is 0 Å². The monoisotopic (exact) mass is 260 g/mol. The third-order valence-electron chi connectivity index (χ3n) is 1.86. The molecule has 0 N–H and O–H groups in total. The van der Waals surface area contributed by atoms with Gasteiger partial charge in [-0.1, -0.05) is 34.4 Å². The summed E-state index contributed by atoms with van der Waals surface area (Å²) < 4.78 is 10.4. The average Bonchev–Trinajstić information content (AvgIpc) is 2.64. The van der Waals surface area contributed by atoms with Gasteiger partial charge in [-0.15, -0.1) is 0 Å². The van der Waals surface area contributed by atoms with Crippen LogP contribution in [0.4, 0.5) is 0 Å². The first-order chi connectivity index (χ1) is 7.63. The minimum atomic E-state index is -0.694. The fourth-order valence-electron chi connectivity index (χ4n) is 1.15. The number of hydrogen-bond acceptors (Lipinski definition) is 4. The zero-order chi connectivity index (χ0) is 11.7. The second kappa shape index (κ2) is 4.19. The van der Waals surface area contributed by atoms with Crippen molar-refractivity contribution in [1.82, 2.24) is 9.78 Å². The Morgan fingerprint density at radius 2 is 2.19 bits per heavy atom. The molecule has 0 bridgehead atoms. The summed E-state index contributed by atoms with van der Waals surface area (Å²) in [5.41, 5.74) is 0.339. The van der Waals surface area contributed by atoms with Crippen molar-refractivity contribution in [1.29, 1.82) is 0 Å². The highest BCUT2D eigenvalue weighted by atomic mass is 35.5. The highest BCUT2D eigenvalue weighted by molar-refractivity contribution is 6.43. The minimum absolute atomic E-state index is 0.138. The Balaban J connectivity index is 2.63. The van der Waals surface area contributed by atoms with E-state index < -0.39 is 5.76 Å². The predicted octanol–water partition coefficient (Wildman–Crippen LogP) is 2.14. The zero-order valence-electron chi connectivity index (χ0n) is 8.11. The summed E-state index contributed by atoms with van der Waals surface area (Å²) in [6, 6.07) is 4.85. The molecule has 2 rings (SSSR count). The molecule has 0 aliphatic rings. The van der Waals surface area contributed by atoms with Crippen LogP contribution < -0.4 is 10.5 Å². The van der Waals surface area contributed by atoms with E-state index in [4.69, 9.17) is 27.9 Å². The van der Waals surface area contributed by atoms with Crippen molar-refractivity contribution in [2.45, 2.75) is 0 Å². The van der Waals surface area contributed by atoms with Crippen molar-refractivity contribution in [3.63, 3.8) is 0 Å². The molecule has 0 atom stereocenters. The van der Waals surface area contributed by atoms with Gasteiger partial charge >= 0.3 is 11.8 Å². The Morgan fingerprint density at radius 1 is 1.44 bits per heavy atom. The van der Waals surface area contributed by atoms with Gasteiger partial charge in [0.05, 0.1) is 22.8 Å². The Morgan fingerprint density at radius 3 is 2.81 bits per heavy atom. The molecule has 0 amide bonds. The van der Waals surface area contributed by atoms with Crippen LogP contribution in [-0.2, 0) is 0 Å². The van der Waals surface area contributed by atoms with Crippen molar-refractivity contribution in [2.24, 2.45) is 0 Å². The quantitative estimate of drug-likeness (QED) is 0.830. The topological polar surface area (TPSA) is 57.3 Å². The number of aromatic nitrogens is 2. The van der Waals surface area contributed by atoms with Crippen molar-refractivity contribution >= 4 is 23.2 Å². The molecule has 0 spiro atoms. The van der Waals surface area contributed by atoms with Crippen LogP contribution in [0.5, 0.6) is 6.08 Å². The van der Waals surface area contributed by atoms with Gasteiger partial charge in [-0.2, -0.15) is 4.68 Å². The average molecular weight is 261 g/mol. The summed E-state index contributed by atoms with van der Waals surface area (Å²) in [7, 11) is 1.34. The molecular weight excluding hydrogens is 255 g/mol. The zero-order valence-corrected chi connectivity index (χ0v) is 9.62. The van der Waals surface area contributed by atoms with Gasteiger partial charge in [-0.05, 0) is 12.1 Å². The van der Waals surface area contributed by atoms with Crippen LogP contribution >= 0.6 is 23.2 Å². The second-order valence-electron chi connectivity index (χ2n) is 2.82. The van der Waals surface area contributed by atoms with E-state index in [1.807, 2.05) is 0 Å². The standard InChI is InChI=1S/C9H6Cl2N2O3/c1-15-8-12-13(9(14)16-8)6-4-2-3-5(10)7(6)11/h2-4H,1H3. The molecule has 1 heterocycles. The van der Waals surface area contributed by atoms with Gasteiger partial charge in [0, 0.05) is 0 Å². The van der Waals surface area contributed by atoms with E-state index in [9.17, 15) is 4.79 Å². The van der Waals surface area contributed by atoms with Crippen LogP contribution in [0.25, 0.3) is 5.69 Å². The lowest BCUT2D eigenvalue weighted by atomic mass is 10.3. The summed E-state index contributed by atoms with van der Waals surface area (Å²) in [4.78, 5) is 11.4. The molecule has 0 aliphatic carbocycles. The summed E-state index contributed by atoms with van der Waals surface area (Å²) in [5, 5.41) is 4.32. The van der Waals surface area contributed by atoms with E-state index in [2.05, 4.69) is 9.52 Å². The molecule has 7 heteroatoms. The molecule has 0 aliphatic heterocycles. The van der Waals surface area contributed by atoms with Crippen LogP contribution in [0.2, 0.25) is 10.0 Å². The minimum Gasteiger partial charge on any atom is -0.452 e. The number of ether oxygens (including phenoxy) is 1. The molecule has 1 aromatic carbocycles. The van der Waals surface area contributed by atoms with Gasteiger partial charge < -0.3 is 9.15 Å². The van der Waals surface area contributed by atoms with Crippen LogP contribution in [0.1, 0.15) is 0 Å². The van der Waals surface area contributed by atoms with Gasteiger partial charge in [0.1, 0.15) is 0 Å². The first kappa shape index (κ1) is 11.0. The maximum absolute atomic E-state index is 11.4.